The van der Waals surface area contributed by atoms with Crippen molar-refractivity contribution in [3.8, 4) is 5.75 Å². The minimum Gasteiger partial charge on any atom is -0.488 e. The van der Waals surface area contributed by atoms with E-state index >= 15 is 4.39 Å². The monoisotopic (exact) mass is 722 g/mol. The molecule has 8 nitrogen and oxygen atoms in total. The standard InChI is InChI=1S/C37H44F6N4O4/c1-35(2)15-27-30(28(50)16-35)29(21-7-11-36(39,40)12-8-21)31(32(38)22-3-5-24(6-4-22)37(41,42)43)33(46-27)23-9-13-47(14-10-23)34-44-17-26(18-45-34)51-20-25(49)19-48/h3-6,17-18,21,23,25,28,32,48-50H,7-16,19-20H2,1-2H3/t25-,28+,32+/m0/s1. The molecule has 3 N–H and O–H groups in total. The first-order valence-corrected chi connectivity index (χ1v) is 17.5. The predicted molar refractivity (Wildman–Crippen MR) is 177 cm³/mol. The molecule has 3 atom stereocenters. The Hall–Kier alpha value is -3.49. The zero-order valence-corrected chi connectivity index (χ0v) is 28.6. The van der Waals surface area contributed by atoms with Crippen molar-refractivity contribution in [1.29, 1.82) is 0 Å². The maximum Gasteiger partial charge on any atom is 0.416 e. The van der Waals surface area contributed by atoms with Crippen molar-refractivity contribution in [1.82, 2.24) is 15.0 Å². The van der Waals surface area contributed by atoms with Crippen molar-refractivity contribution >= 4 is 5.95 Å². The molecular weight excluding hydrogens is 678 g/mol. The molecule has 0 unspecified atom stereocenters. The summed E-state index contributed by atoms with van der Waals surface area (Å²) in [6.45, 7) is 4.41. The SMILES string of the molecule is CC1(C)Cc2nc(C3CCN(c4ncc(OC[C@@H](O)CO)cn4)CC3)c([C@H](F)c3ccc(C(F)(F)F)cc3)c(C3CCC(F)(F)CC3)c2[C@H](O)C1. The second kappa shape index (κ2) is 14.5. The number of anilines is 1. The number of pyridine rings is 1. The average Bonchev–Trinajstić information content (AvgIpc) is 3.09. The van der Waals surface area contributed by atoms with Crippen LogP contribution < -0.4 is 9.64 Å². The van der Waals surface area contributed by atoms with Crippen LogP contribution in [0.25, 0.3) is 0 Å². The molecule has 14 heteroatoms. The van der Waals surface area contributed by atoms with Crippen LogP contribution in [0.15, 0.2) is 36.7 Å². The average molecular weight is 723 g/mol. The Labute approximate surface area is 292 Å². The summed E-state index contributed by atoms with van der Waals surface area (Å²) in [4.78, 5) is 15.8. The summed E-state index contributed by atoms with van der Waals surface area (Å²) in [6, 6.07) is 3.92. The van der Waals surface area contributed by atoms with E-state index in [9.17, 15) is 32.2 Å². The Kier molecular flexibility index (Phi) is 10.6. The van der Waals surface area contributed by atoms with Gasteiger partial charge in [-0.3, -0.25) is 4.98 Å². The molecule has 278 valence electrons. The molecule has 2 aromatic heterocycles. The van der Waals surface area contributed by atoms with Gasteiger partial charge in [0.1, 0.15) is 12.7 Å². The van der Waals surface area contributed by atoms with E-state index in [4.69, 9.17) is 14.8 Å². The van der Waals surface area contributed by atoms with Gasteiger partial charge in [-0.2, -0.15) is 13.2 Å². The van der Waals surface area contributed by atoms with Crippen molar-refractivity contribution in [2.45, 2.75) is 108 Å². The fourth-order valence-electron chi connectivity index (χ4n) is 7.86. The largest absolute Gasteiger partial charge is 0.488 e. The molecule has 1 aromatic carbocycles. The highest BCUT2D eigenvalue weighted by Crippen LogP contribution is 2.52. The van der Waals surface area contributed by atoms with Gasteiger partial charge in [0, 0.05) is 48.7 Å². The summed E-state index contributed by atoms with van der Waals surface area (Å²) in [5.41, 5.74) is 1.01. The first-order chi connectivity index (χ1) is 24.0. The van der Waals surface area contributed by atoms with Crippen LogP contribution in [0.5, 0.6) is 5.75 Å². The third kappa shape index (κ3) is 8.28. The summed E-state index contributed by atoms with van der Waals surface area (Å²) in [5.74, 6) is -2.85. The predicted octanol–water partition coefficient (Wildman–Crippen LogP) is 7.36. The lowest BCUT2D eigenvalue weighted by molar-refractivity contribution is -0.137. The van der Waals surface area contributed by atoms with Crippen LogP contribution in [0.1, 0.15) is 122 Å². The molecule has 0 bridgehead atoms. The molecule has 0 spiro atoms. The normalized spacial score (nSPS) is 22.3. The van der Waals surface area contributed by atoms with E-state index in [1.54, 1.807) is 0 Å². The molecule has 3 aromatic rings. The highest BCUT2D eigenvalue weighted by atomic mass is 19.4. The number of rotatable bonds is 9. The molecular formula is C37H44F6N4O4. The number of aliphatic hydroxyl groups excluding tert-OH is 3. The molecule has 0 amide bonds. The van der Waals surface area contributed by atoms with Crippen LogP contribution in [-0.4, -0.2) is 68.6 Å². The lowest BCUT2D eigenvalue weighted by Crippen LogP contribution is -2.36. The lowest BCUT2D eigenvalue weighted by atomic mass is 9.68. The molecule has 3 aliphatic rings. The fraction of sp³-hybridized carbons (Fsp3) is 0.595. The summed E-state index contributed by atoms with van der Waals surface area (Å²) >= 11 is 0. The molecule has 1 aliphatic heterocycles. The molecule has 51 heavy (non-hydrogen) atoms. The maximum atomic E-state index is 17.2. The number of hydrogen-bond acceptors (Lipinski definition) is 8. The smallest absolute Gasteiger partial charge is 0.416 e. The van der Waals surface area contributed by atoms with Crippen molar-refractivity contribution < 1.29 is 46.4 Å². The van der Waals surface area contributed by atoms with Gasteiger partial charge >= 0.3 is 6.18 Å². The van der Waals surface area contributed by atoms with Crippen LogP contribution in [-0.2, 0) is 12.6 Å². The number of aliphatic hydroxyl groups is 3. The summed E-state index contributed by atoms with van der Waals surface area (Å²) in [5, 5.41) is 30.1. The van der Waals surface area contributed by atoms with Gasteiger partial charge in [-0.25, -0.2) is 23.1 Å². The number of piperidine rings is 1. The van der Waals surface area contributed by atoms with Gasteiger partial charge in [0.2, 0.25) is 11.9 Å². The van der Waals surface area contributed by atoms with Gasteiger partial charge in [0.25, 0.3) is 0 Å². The zero-order valence-electron chi connectivity index (χ0n) is 28.6. The Morgan fingerprint density at radius 2 is 1.59 bits per heavy atom. The van der Waals surface area contributed by atoms with E-state index in [0.717, 1.165) is 24.3 Å². The van der Waals surface area contributed by atoms with Crippen LogP contribution in [0, 0.1) is 5.41 Å². The van der Waals surface area contributed by atoms with E-state index in [0.29, 0.717) is 73.0 Å². The number of nitrogens with zero attached hydrogens (tertiary/aromatic N) is 4. The third-order valence-electron chi connectivity index (χ3n) is 10.5. The van der Waals surface area contributed by atoms with E-state index in [2.05, 4.69) is 9.97 Å². The van der Waals surface area contributed by atoms with Gasteiger partial charge in [-0.1, -0.05) is 26.0 Å². The summed E-state index contributed by atoms with van der Waals surface area (Å²) in [6.07, 6.45) is -4.33. The van der Waals surface area contributed by atoms with E-state index in [-0.39, 0.29) is 54.7 Å². The number of halogens is 6. The minimum absolute atomic E-state index is 0.00123. The van der Waals surface area contributed by atoms with Crippen molar-refractivity contribution in [2.24, 2.45) is 5.41 Å². The highest BCUT2D eigenvalue weighted by molar-refractivity contribution is 5.51. The Morgan fingerprint density at radius 1 is 0.961 bits per heavy atom. The van der Waals surface area contributed by atoms with Gasteiger partial charge in [-0.15, -0.1) is 0 Å². The molecule has 1 saturated carbocycles. The van der Waals surface area contributed by atoms with Gasteiger partial charge in [0.05, 0.1) is 36.4 Å². The molecule has 1 saturated heterocycles. The molecule has 6 rings (SSSR count). The van der Waals surface area contributed by atoms with Crippen LogP contribution in [0.3, 0.4) is 0 Å². The Morgan fingerprint density at radius 3 is 2.18 bits per heavy atom. The third-order valence-corrected chi connectivity index (χ3v) is 10.5. The summed E-state index contributed by atoms with van der Waals surface area (Å²) < 4.78 is 91.8. The molecule has 0 radical (unpaired) electrons. The van der Waals surface area contributed by atoms with Gasteiger partial charge < -0.3 is 25.0 Å². The van der Waals surface area contributed by atoms with Crippen LogP contribution in [0.2, 0.25) is 0 Å². The molecule has 3 heterocycles. The topological polar surface area (TPSA) is 112 Å². The maximum absolute atomic E-state index is 17.2. The number of aromatic nitrogens is 3. The van der Waals surface area contributed by atoms with E-state index in [1.807, 2.05) is 18.7 Å². The lowest BCUT2D eigenvalue weighted by Gasteiger charge is -2.41. The Bertz CT molecular complexity index is 1650. The zero-order chi connectivity index (χ0) is 36.7. The molecule has 2 aliphatic carbocycles. The number of fused-ring (bicyclic) bond motifs is 1. The number of hydrogen-bond donors (Lipinski definition) is 3. The number of ether oxygens (including phenoxy) is 1. The first kappa shape index (κ1) is 37.3. The van der Waals surface area contributed by atoms with Crippen molar-refractivity contribution in [3.63, 3.8) is 0 Å². The number of alkyl halides is 6. The van der Waals surface area contributed by atoms with Gasteiger partial charge in [0.15, 0.2) is 11.9 Å². The minimum atomic E-state index is -4.61. The number of benzene rings is 1. The first-order valence-electron chi connectivity index (χ1n) is 17.5. The second-order valence-corrected chi connectivity index (χ2v) is 15.0. The summed E-state index contributed by atoms with van der Waals surface area (Å²) in [7, 11) is 0. The van der Waals surface area contributed by atoms with E-state index < -0.39 is 48.6 Å². The highest BCUT2D eigenvalue weighted by Gasteiger charge is 2.44. The second-order valence-electron chi connectivity index (χ2n) is 15.0. The van der Waals surface area contributed by atoms with Crippen molar-refractivity contribution in [3.05, 3.63) is 75.9 Å². The van der Waals surface area contributed by atoms with Crippen LogP contribution in [0.4, 0.5) is 32.3 Å². The Balaban J connectivity index is 1.38. The van der Waals surface area contributed by atoms with Crippen molar-refractivity contribution in [2.75, 3.05) is 31.2 Å². The fourth-order valence-corrected chi connectivity index (χ4v) is 7.86. The molecule has 2 fully saturated rings. The van der Waals surface area contributed by atoms with E-state index in [1.165, 1.54) is 12.4 Å². The van der Waals surface area contributed by atoms with Crippen LogP contribution >= 0.6 is 0 Å². The quantitative estimate of drug-likeness (QED) is 0.197. The van der Waals surface area contributed by atoms with Gasteiger partial charge in [-0.05, 0) is 73.1 Å².